The van der Waals surface area contributed by atoms with Gasteiger partial charge in [-0.2, -0.15) is 0 Å². The highest BCUT2D eigenvalue weighted by atomic mass is 19.1. The number of rotatable bonds is 0. The molecule has 94 valence electrons. The fraction of sp³-hybridized carbons (Fsp3) is 0.467. The number of aromatic amines is 1. The first kappa shape index (κ1) is 10.6. The SMILES string of the molecule is Fc1ccc2[nH]c3c(c2c1)CCC31CCOCC1. The van der Waals surface area contributed by atoms with Crippen LogP contribution in [0.2, 0.25) is 0 Å². The molecule has 1 N–H and O–H groups in total. The first-order valence-electron chi connectivity index (χ1n) is 6.67. The number of halogens is 1. The first-order chi connectivity index (χ1) is 8.78. The predicted molar refractivity (Wildman–Crippen MR) is 68.3 cm³/mol. The van der Waals surface area contributed by atoms with Gasteiger partial charge in [-0.1, -0.05) is 0 Å². The molecule has 1 fully saturated rings. The van der Waals surface area contributed by atoms with E-state index in [1.807, 2.05) is 6.07 Å². The topological polar surface area (TPSA) is 25.0 Å². The van der Waals surface area contributed by atoms with Crippen LogP contribution in [0.15, 0.2) is 18.2 Å². The third-order valence-electron chi connectivity index (χ3n) is 4.70. The molecule has 0 saturated carbocycles. The van der Waals surface area contributed by atoms with Crippen molar-refractivity contribution in [3.8, 4) is 0 Å². The maximum atomic E-state index is 13.4. The summed E-state index contributed by atoms with van der Waals surface area (Å²) in [5.41, 5.74) is 4.04. The molecule has 2 aliphatic rings. The zero-order valence-electron chi connectivity index (χ0n) is 10.3. The van der Waals surface area contributed by atoms with Gasteiger partial charge >= 0.3 is 0 Å². The number of hydrogen-bond donors (Lipinski definition) is 1. The monoisotopic (exact) mass is 245 g/mol. The molecule has 2 heterocycles. The maximum Gasteiger partial charge on any atom is 0.123 e. The predicted octanol–water partition coefficient (Wildman–Crippen LogP) is 3.30. The van der Waals surface area contributed by atoms with Gasteiger partial charge in [-0.15, -0.1) is 0 Å². The molecule has 1 aromatic carbocycles. The van der Waals surface area contributed by atoms with Crippen LogP contribution < -0.4 is 0 Å². The third-order valence-corrected chi connectivity index (χ3v) is 4.70. The Bertz CT molecular complexity index is 610. The molecular formula is C15H16FNO. The Morgan fingerprint density at radius 2 is 2.00 bits per heavy atom. The second-order valence-electron chi connectivity index (χ2n) is 5.56. The normalized spacial score (nSPS) is 21.6. The smallest absolute Gasteiger partial charge is 0.123 e. The van der Waals surface area contributed by atoms with Gasteiger partial charge in [0.15, 0.2) is 0 Å². The fourth-order valence-electron chi connectivity index (χ4n) is 3.68. The molecule has 1 spiro atoms. The number of aryl methyl sites for hydroxylation is 1. The molecule has 1 aliphatic carbocycles. The summed E-state index contributed by atoms with van der Waals surface area (Å²) in [6, 6.07) is 5.06. The van der Waals surface area contributed by atoms with E-state index in [1.54, 1.807) is 6.07 Å². The highest BCUT2D eigenvalue weighted by Gasteiger charge is 2.42. The number of ether oxygens (including phenoxy) is 1. The zero-order valence-corrected chi connectivity index (χ0v) is 10.3. The van der Waals surface area contributed by atoms with Gasteiger partial charge in [0.05, 0.1) is 0 Å². The lowest BCUT2D eigenvalue weighted by Gasteiger charge is -2.33. The van der Waals surface area contributed by atoms with Crippen LogP contribution in [0.4, 0.5) is 4.39 Å². The lowest BCUT2D eigenvalue weighted by molar-refractivity contribution is 0.0494. The van der Waals surface area contributed by atoms with Crippen LogP contribution in [-0.4, -0.2) is 18.2 Å². The Morgan fingerprint density at radius 1 is 1.17 bits per heavy atom. The number of nitrogens with one attached hydrogen (secondary N) is 1. The van der Waals surface area contributed by atoms with Crippen LogP contribution in [0.3, 0.4) is 0 Å². The van der Waals surface area contributed by atoms with Gasteiger partial charge in [0.1, 0.15) is 5.82 Å². The van der Waals surface area contributed by atoms with Crippen molar-refractivity contribution < 1.29 is 9.13 Å². The zero-order chi connectivity index (χ0) is 12.2. The Labute approximate surface area is 105 Å². The summed E-state index contributed by atoms with van der Waals surface area (Å²) in [5.74, 6) is -0.141. The van der Waals surface area contributed by atoms with Gasteiger partial charge in [0, 0.05) is 35.2 Å². The molecule has 2 nitrogen and oxygen atoms in total. The van der Waals surface area contributed by atoms with Crippen molar-refractivity contribution in [2.75, 3.05) is 13.2 Å². The molecule has 1 saturated heterocycles. The van der Waals surface area contributed by atoms with E-state index in [-0.39, 0.29) is 11.2 Å². The van der Waals surface area contributed by atoms with E-state index in [0.717, 1.165) is 43.4 Å². The quantitative estimate of drug-likeness (QED) is 0.757. The molecule has 0 unspecified atom stereocenters. The van der Waals surface area contributed by atoms with Crippen molar-refractivity contribution in [2.24, 2.45) is 0 Å². The van der Waals surface area contributed by atoms with E-state index in [0.29, 0.717) is 0 Å². The minimum Gasteiger partial charge on any atom is -0.381 e. The lowest BCUT2D eigenvalue weighted by Crippen LogP contribution is -2.31. The van der Waals surface area contributed by atoms with Crippen molar-refractivity contribution in [3.05, 3.63) is 35.3 Å². The summed E-state index contributed by atoms with van der Waals surface area (Å²) in [6.45, 7) is 1.70. The van der Waals surface area contributed by atoms with Crippen molar-refractivity contribution in [1.29, 1.82) is 0 Å². The van der Waals surface area contributed by atoms with E-state index < -0.39 is 0 Å². The number of H-pyrrole nitrogens is 1. The van der Waals surface area contributed by atoms with Crippen LogP contribution >= 0.6 is 0 Å². The Kier molecular flexibility index (Phi) is 2.10. The number of fused-ring (bicyclic) bond motifs is 4. The summed E-state index contributed by atoms with van der Waals surface area (Å²) >= 11 is 0. The number of aromatic nitrogens is 1. The molecule has 3 heteroatoms. The summed E-state index contributed by atoms with van der Waals surface area (Å²) in [7, 11) is 0. The van der Waals surface area contributed by atoms with Crippen LogP contribution in [0.5, 0.6) is 0 Å². The molecule has 1 aliphatic heterocycles. The molecule has 18 heavy (non-hydrogen) atoms. The minimum absolute atomic E-state index is 0.141. The van der Waals surface area contributed by atoms with E-state index >= 15 is 0 Å². The summed E-state index contributed by atoms with van der Waals surface area (Å²) in [4.78, 5) is 3.54. The maximum absolute atomic E-state index is 13.4. The molecule has 0 atom stereocenters. The van der Waals surface area contributed by atoms with Crippen molar-refractivity contribution in [3.63, 3.8) is 0 Å². The summed E-state index contributed by atoms with van der Waals surface area (Å²) in [6.07, 6.45) is 4.44. The largest absolute Gasteiger partial charge is 0.381 e. The average molecular weight is 245 g/mol. The second-order valence-corrected chi connectivity index (χ2v) is 5.56. The Balaban J connectivity index is 1.91. The number of benzene rings is 1. The molecule has 1 aromatic heterocycles. The highest BCUT2D eigenvalue weighted by Crippen LogP contribution is 2.47. The fourth-order valence-corrected chi connectivity index (χ4v) is 3.68. The van der Waals surface area contributed by atoms with Gasteiger partial charge in [0.25, 0.3) is 0 Å². The molecule has 0 bridgehead atoms. The van der Waals surface area contributed by atoms with Crippen molar-refractivity contribution in [2.45, 2.75) is 31.1 Å². The Morgan fingerprint density at radius 3 is 2.83 bits per heavy atom. The standard InChI is InChI=1S/C15H16FNO/c16-10-1-2-13-12(9-10)11-3-4-15(14(11)17-13)5-7-18-8-6-15/h1-2,9,17H,3-8H2. The lowest BCUT2D eigenvalue weighted by atomic mass is 9.78. The van der Waals surface area contributed by atoms with Crippen molar-refractivity contribution >= 4 is 10.9 Å². The van der Waals surface area contributed by atoms with Crippen LogP contribution in [0.25, 0.3) is 10.9 Å². The number of hydrogen-bond acceptors (Lipinski definition) is 1. The van der Waals surface area contributed by atoms with Gasteiger partial charge in [0.2, 0.25) is 0 Å². The summed E-state index contributed by atoms with van der Waals surface area (Å²) < 4.78 is 18.9. The van der Waals surface area contributed by atoms with E-state index in [1.165, 1.54) is 23.7 Å². The third kappa shape index (κ3) is 1.31. The van der Waals surface area contributed by atoms with E-state index in [2.05, 4.69) is 4.98 Å². The van der Waals surface area contributed by atoms with Gasteiger partial charge in [-0.25, -0.2) is 4.39 Å². The minimum atomic E-state index is -0.141. The van der Waals surface area contributed by atoms with E-state index in [4.69, 9.17) is 4.74 Å². The van der Waals surface area contributed by atoms with Crippen LogP contribution in [0.1, 0.15) is 30.5 Å². The van der Waals surface area contributed by atoms with Gasteiger partial charge in [-0.3, -0.25) is 0 Å². The average Bonchev–Trinajstić information content (AvgIpc) is 2.90. The Hall–Kier alpha value is -1.35. The van der Waals surface area contributed by atoms with Crippen LogP contribution in [-0.2, 0) is 16.6 Å². The first-order valence-corrected chi connectivity index (χ1v) is 6.67. The molecular weight excluding hydrogens is 229 g/mol. The van der Waals surface area contributed by atoms with Crippen LogP contribution in [0, 0.1) is 5.82 Å². The second kappa shape index (κ2) is 3.58. The summed E-state index contributed by atoms with van der Waals surface area (Å²) in [5, 5.41) is 1.08. The highest BCUT2D eigenvalue weighted by molar-refractivity contribution is 5.86. The van der Waals surface area contributed by atoms with Gasteiger partial charge < -0.3 is 9.72 Å². The molecule has 4 rings (SSSR count). The van der Waals surface area contributed by atoms with Gasteiger partial charge in [-0.05, 0) is 49.4 Å². The molecule has 0 amide bonds. The molecule has 2 aromatic rings. The molecule has 0 radical (unpaired) electrons. The van der Waals surface area contributed by atoms with E-state index in [9.17, 15) is 4.39 Å². The van der Waals surface area contributed by atoms with Crippen molar-refractivity contribution in [1.82, 2.24) is 4.98 Å².